The highest BCUT2D eigenvalue weighted by molar-refractivity contribution is 6.06. The van der Waals surface area contributed by atoms with Crippen LogP contribution in [0.3, 0.4) is 0 Å². The maximum absolute atomic E-state index is 13.4. The summed E-state index contributed by atoms with van der Waals surface area (Å²) in [6, 6.07) is 5.92. The van der Waals surface area contributed by atoms with Gasteiger partial charge in [0.15, 0.2) is 0 Å². The van der Waals surface area contributed by atoms with E-state index in [-0.39, 0.29) is 28.7 Å². The number of hydrogen-bond donors (Lipinski definition) is 1. The number of alkyl halides is 3. The van der Waals surface area contributed by atoms with Gasteiger partial charge in [-0.25, -0.2) is 4.98 Å². The molecule has 10 heteroatoms. The molecule has 3 rings (SSSR count). The van der Waals surface area contributed by atoms with Crippen LogP contribution >= 0.6 is 0 Å². The number of pyridine rings is 1. The zero-order chi connectivity index (χ0) is 22.1. The predicted molar refractivity (Wildman–Crippen MR) is 104 cm³/mol. The van der Waals surface area contributed by atoms with Crippen LogP contribution in [-0.2, 0) is 6.18 Å². The van der Waals surface area contributed by atoms with Crippen molar-refractivity contribution in [3.63, 3.8) is 0 Å². The molecule has 160 valence electrons. The van der Waals surface area contributed by atoms with Gasteiger partial charge in [0, 0.05) is 36.6 Å². The number of ether oxygens (including phenoxy) is 1. The summed E-state index contributed by atoms with van der Waals surface area (Å²) >= 11 is 0. The van der Waals surface area contributed by atoms with Crippen LogP contribution in [0.15, 0.2) is 36.5 Å². The van der Waals surface area contributed by atoms with Gasteiger partial charge in [0.2, 0.25) is 5.88 Å². The summed E-state index contributed by atoms with van der Waals surface area (Å²) in [5.41, 5.74) is -1.25. The topological polar surface area (TPSA) is 74.8 Å². The lowest BCUT2D eigenvalue weighted by molar-refractivity contribution is -0.137. The summed E-state index contributed by atoms with van der Waals surface area (Å²) in [4.78, 5) is 32.5. The Labute approximate surface area is 171 Å². The number of anilines is 1. The van der Waals surface area contributed by atoms with Crippen molar-refractivity contribution < 1.29 is 27.5 Å². The molecule has 1 saturated heterocycles. The zero-order valence-corrected chi connectivity index (χ0v) is 16.7. The highest BCUT2D eigenvalue weighted by atomic mass is 19.4. The third kappa shape index (κ3) is 4.54. The Morgan fingerprint density at radius 2 is 1.93 bits per heavy atom. The molecular formula is C20H21F3N4O3. The molecule has 0 radical (unpaired) electrons. The fraction of sp³-hybridized carbons (Fsp3) is 0.350. The van der Waals surface area contributed by atoms with E-state index in [2.05, 4.69) is 10.3 Å². The van der Waals surface area contributed by atoms with Crippen LogP contribution in [0.25, 0.3) is 0 Å². The van der Waals surface area contributed by atoms with E-state index in [1.807, 2.05) is 19.0 Å². The highest BCUT2D eigenvalue weighted by Crippen LogP contribution is 2.33. The fourth-order valence-electron chi connectivity index (χ4n) is 3.04. The van der Waals surface area contributed by atoms with Gasteiger partial charge < -0.3 is 19.9 Å². The first-order valence-electron chi connectivity index (χ1n) is 9.08. The molecule has 0 unspecified atom stereocenters. The summed E-state index contributed by atoms with van der Waals surface area (Å²) in [7, 11) is 5.07. The number of aromatic nitrogens is 1. The normalized spacial score (nSPS) is 14.4. The van der Waals surface area contributed by atoms with E-state index in [9.17, 15) is 22.8 Å². The third-order valence-corrected chi connectivity index (χ3v) is 4.85. The number of amides is 2. The van der Waals surface area contributed by atoms with E-state index in [1.54, 1.807) is 0 Å². The Bertz CT molecular complexity index is 957. The number of carbonyl (C=O) groups is 2. The zero-order valence-electron chi connectivity index (χ0n) is 16.7. The Balaban J connectivity index is 1.88. The van der Waals surface area contributed by atoms with Gasteiger partial charge in [-0.2, -0.15) is 13.2 Å². The Morgan fingerprint density at radius 3 is 2.53 bits per heavy atom. The Kier molecular flexibility index (Phi) is 5.97. The molecule has 2 aromatic rings. The monoisotopic (exact) mass is 422 g/mol. The van der Waals surface area contributed by atoms with Crippen molar-refractivity contribution in [1.82, 2.24) is 14.8 Å². The molecule has 1 aliphatic heterocycles. The molecule has 1 N–H and O–H groups in total. The number of carbonyl (C=O) groups excluding carboxylic acids is 2. The number of hydrogen-bond acceptors (Lipinski definition) is 5. The molecule has 2 amide bonds. The van der Waals surface area contributed by atoms with E-state index >= 15 is 0 Å². The van der Waals surface area contributed by atoms with Gasteiger partial charge in [0.1, 0.15) is 5.56 Å². The molecule has 0 aliphatic carbocycles. The van der Waals surface area contributed by atoms with Crippen LogP contribution in [-0.4, -0.2) is 66.9 Å². The van der Waals surface area contributed by atoms with Crippen molar-refractivity contribution in [1.29, 1.82) is 0 Å². The second-order valence-electron chi connectivity index (χ2n) is 7.14. The maximum Gasteiger partial charge on any atom is 0.416 e. The first kappa shape index (κ1) is 21.6. The van der Waals surface area contributed by atoms with Crippen molar-refractivity contribution in [2.75, 3.05) is 39.6 Å². The van der Waals surface area contributed by atoms with E-state index in [4.69, 9.17) is 4.74 Å². The number of rotatable bonds is 5. The predicted octanol–water partition coefficient (Wildman–Crippen LogP) is 2.75. The third-order valence-electron chi connectivity index (χ3n) is 4.85. The van der Waals surface area contributed by atoms with Crippen LogP contribution in [0.2, 0.25) is 0 Å². The van der Waals surface area contributed by atoms with E-state index in [0.29, 0.717) is 13.1 Å². The van der Waals surface area contributed by atoms with Crippen LogP contribution in [0.4, 0.5) is 18.9 Å². The number of likely N-dealkylation sites (N-methyl/N-ethyl adjacent to an activating group) is 1. The van der Waals surface area contributed by atoms with Crippen molar-refractivity contribution >= 4 is 17.5 Å². The van der Waals surface area contributed by atoms with Crippen LogP contribution < -0.4 is 10.1 Å². The van der Waals surface area contributed by atoms with Crippen LogP contribution in [0.5, 0.6) is 5.88 Å². The van der Waals surface area contributed by atoms with Crippen molar-refractivity contribution in [3.05, 3.63) is 53.2 Å². The summed E-state index contributed by atoms with van der Waals surface area (Å²) in [6.07, 6.45) is -3.26. The first-order valence-corrected chi connectivity index (χ1v) is 9.08. The van der Waals surface area contributed by atoms with Crippen LogP contribution in [0.1, 0.15) is 26.3 Å². The minimum absolute atomic E-state index is 0.0357. The number of nitrogens with zero attached hydrogens (tertiary/aromatic N) is 3. The lowest BCUT2D eigenvalue weighted by Crippen LogP contribution is -2.59. The van der Waals surface area contributed by atoms with Crippen molar-refractivity contribution in [2.24, 2.45) is 0 Å². The quantitative estimate of drug-likeness (QED) is 0.802. The molecule has 2 heterocycles. The lowest BCUT2D eigenvalue weighted by Gasteiger charge is -2.42. The van der Waals surface area contributed by atoms with Gasteiger partial charge in [-0.1, -0.05) is 0 Å². The SMILES string of the molecule is COc1ncccc1C(=O)Nc1cc(C(=O)N2CC(N(C)C)C2)cc(C(F)(F)F)c1. The summed E-state index contributed by atoms with van der Waals surface area (Å²) in [6.45, 7) is 0.854. The molecule has 1 aromatic heterocycles. The first-order chi connectivity index (χ1) is 14.1. The number of nitrogens with one attached hydrogen (secondary N) is 1. The molecule has 0 atom stereocenters. The molecule has 30 heavy (non-hydrogen) atoms. The van der Waals surface area contributed by atoms with E-state index < -0.39 is 23.6 Å². The number of methoxy groups -OCH3 is 1. The lowest BCUT2D eigenvalue weighted by atomic mass is 10.0. The summed E-state index contributed by atoms with van der Waals surface area (Å²) in [5.74, 6) is -1.18. The number of halogens is 3. The summed E-state index contributed by atoms with van der Waals surface area (Å²) in [5, 5.41) is 2.40. The standard InChI is InChI=1S/C20H21F3N4O3/c1-26(2)15-10-27(11-15)19(29)12-7-13(20(21,22)23)9-14(8-12)25-17(28)16-5-4-6-24-18(16)30-3/h4-9,15H,10-11H2,1-3H3,(H,25,28). The second-order valence-corrected chi connectivity index (χ2v) is 7.14. The van der Waals surface area contributed by atoms with Gasteiger partial charge >= 0.3 is 6.18 Å². The smallest absolute Gasteiger partial charge is 0.416 e. The van der Waals surface area contributed by atoms with Gasteiger partial charge in [-0.05, 0) is 44.4 Å². The Hall–Kier alpha value is -3.14. The molecule has 1 fully saturated rings. The van der Waals surface area contributed by atoms with E-state index in [0.717, 1.165) is 12.1 Å². The van der Waals surface area contributed by atoms with Gasteiger partial charge in [0.25, 0.3) is 11.8 Å². The Morgan fingerprint density at radius 1 is 1.23 bits per heavy atom. The molecule has 1 aromatic carbocycles. The van der Waals surface area contributed by atoms with Gasteiger partial charge in [-0.3, -0.25) is 9.59 Å². The molecule has 1 aliphatic rings. The minimum atomic E-state index is -4.68. The van der Waals surface area contributed by atoms with Crippen molar-refractivity contribution in [3.8, 4) is 5.88 Å². The average Bonchev–Trinajstić information content (AvgIpc) is 2.65. The highest BCUT2D eigenvalue weighted by Gasteiger charge is 2.35. The molecule has 0 spiro atoms. The second kappa shape index (κ2) is 8.31. The van der Waals surface area contributed by atoms with Crippen LogP contribution in [0, 0.1) is 0 Å². The van der Waals surface area contributed by atoms with Gasteiger partial charge in [-0.15, -0.1) is 0 Å². The molecular weight excluding hydrogens is 401 g/mol. The fourth-order valence-corrected chi connectivity index (χ4v) is 3.04. The number of benzene rings is 1. The average molecular weight is 422 g/mol. The van der Waals surface area contributed by atoms with E-state index in [1.165, 1.54) is 36.4 Å². The maximum atomic E-state index is 13.4. The molecule has 0 bridgehead atoms. The van der Waals surface area contributed by atoms with Crippen molar-refractivity contribution in [2.45, 2.75) is 12.2 Å². The number of likely N-dealkylation sites (tertiary alicyclic amines) is 1. The molecule has 7 nitrogen and oxygen atoms in total. The minimum Gasteiger partial charge on any atom is -0.480 e. The van der Waals surface area contributed by atoms with Gasteiger partial charge in [0.05, 0.1) is 12.7 Å². The molecule has 0 saturated carbocycles. The summed E-state index contributed by atoms with van der Waals surface area (Å²) < 4.78 is 45.2. The largest absolute Gasteiger partial charge is 0.480 e.